The Labute approximate surface area is 169 Å². The van der Waals surface area contributed by atoms with E-state index < -0.39 is 0 Å². The predicted octanol–water partition coefficient (Wildman–Crippen LogP) is 4.05. The highest BCUT2D eigenvalue weighted by Crippen LogP contribution is 2.29. The lowest BCUT2D eigenvalue weighted by molar-refractivity contribution is -0.120. The van der Waals surface area contributed by atoms with Crippen LogP contribution in [-0.4, -0.2) is 33.8 Å². The lowest BCUT2D eigenvalue weighted by atomic mass is 9.96. The fraction of sp³-hybridized carbons (Fsp3) is 0.381. The largest absolute Gasteiger partial charge is 0.346 e. The van der Waals surface area contributed by atoms with Crippen molar-refractivity contribution < 1.29 is 4.79 Å². The van der Waals surface area contributed by atoms with Crippen LogP contribution in [0.1, 0.15) is 30.9 Å². The van der Waals surface area contributed by atoms with Crippen LogP contribution < -0.4 is 10.2 Å². The molecule has 0 radical (unpaired) electrons. The van der Waals surface area contributed by atoms with Crippen molar-refractivity contribution in [1.29, 1.82) is 0 Å². The number of carbonyl (C=O) groups is 1. The second kappa shape index (κ2) is 8.14. The number of para-hydroxylation sites is 1. The Balaban J connectivity index is 1.46. The Morgan fingerprint density at radius 3 is 2.79 bits per heavy atom. The first kappa shape index (κ1) is 18.7. The maximum absolute atomic E-state index is 13.0. The maximum Gasteiger partial charge on any atom is 0.229 e. The highest BCUT2D eigenvalue weighted by Gasteiger charge is 2.28. The van der Waals surface area contributed by atoms with E-state index in [0.29, 0.717) is 6.54 Å². The fourth-order valence-electron chi connectivity index (χ4n) is 3.69. The van der Waals surface area contributed by atoms with E-state index in [2.05, 4.69) is 33.4 Å². The molecule has 3 aromatic rings. The van der Waals surface area contributed by atoms with Crippen molar-refractivity contribution in [2.24, 2.45) is 5.92 Å². The van der Waals surface area contributed by atoms with E-state index in [9.17, 15) is 4.79 Å². The number of hydrogen-bond acceptors (Lipinski definition) is 5. The van der Waals surface area contributed by atoms with Crippen LogP contribution in [0.4, 0.5) is 10.8 Å². The molecule has 1 saturated heterocycles. The van der Waals surface area contributed by atoms with Crippen molar-refractivity contribution >= 4 is 28.1 Å². The van der Waals surface area contributed by atoms with E-state index in [1.165, 1.54) is 5.56 Å². The second-order valence-electron chi connectivity index (χ2n) is 7.19. The molecular weight excluding hydrogens is 370 g/mol. The molecule has 4 rings (SSSR count). The molecule has 0 bridgehead atoms. The SMILES string of the molecule is CCc1cccc(C)c1NC(=O)[C@H]1CCCN(c2nnc(-n3cccc3)s2)C1. The van der Waals surface area contributed by atoms with Crippen molar-refractivity contribution in [3.05, 3.63) is 53.9 Å². The van der Waals surface area contributed by atoms with Gasteiger partial charge in [-0.3, -0.25) is 9.36 Å². The van der Waals surface area contributed by atoms with E-state index in [-0.39, 0.29) is 11.8 Å². The van der Waals surface area contributed by atoms with Crippen LogP contribution in [0.5, 0.6) is 0 Å². The van der Waals surface area contributed by atoms with E-state index >= 15 is 0 Å². The molecule has 2 aromatic heterocycles. The van der Waals surface area contributed by atoms with E-state index in [4.69, 9.17) is 0 Å². The molecule has 1 aliphatic heterocycles. The van der Waals surface area contributed by atoms with Crippen LogP contribution in [0, 0.1) is 12.8 Å². The summed E-state index contributed by atoms with van der Waals surface area (Å²) in [4.78, 5) is 15.2. The van der Waals surface area contributed by atoms with Crippen LogP contribution >= 0.6 is 11.3 Å². The number of carbonyl (C=O) groups excluding carboxylic acids is 1. The van der Waals surface area contributed by atoms with Gasteiger partial charge < -0.3 is 10.2 Å². The summed E-state index contributed by atoms with van der Waals surface area (Å²) in [7, 11) is 0. The van der Waals surface area contributed by atoms with Crippen molar-refractivity contribution in [3.8, 4) is 5.13 Å². The molecule has 1 fully saturated rings. The van der Waals surface area contributed by atoms with Gasteiger partial charge in [-0.25, -0.2) is 0 Å². The number of anilines is 2. The van der Waals surface area contributed by atoms with Crippen LogP contribution in [-0.2, 0) is 11.2 Å². The summed E-state index contributed by atoms with van der Waals surface area (Å²) in [6, 6.07) is 10.1. The molecule has 1 aromatic carbocycles. The zero-order valence-electron chi connectivity index (χ0n) is 16.3. The molecule has 7 heteroatoms. The summed E-state index contributed by atoms with van der Waals surface area (Å²) in [5.74, 6) is 0.0563. The monoisotopic (exact) mass is 395 g/mol. The zero-order valence-corrected chi connectivity index (χ0v) is 17.1. The van der Waals surface area contributed by atoms with Crippen molar-refractivity contribution in [2.75, 3.05) is 23.3 Å². The van der Waals surface area contributed by atoms with Gasteiger partial charge in [-0.05, 0) is 49.4 Å². The summed E-state index contributed by atoms with van der Waals surface area (Å²) in [6.45, 7) is 5.75. The van der Waals surface area contributed by atoms with Gasteiger partial charge in [0.25, 0.3) is 0 Å². The van der Waals surface area contributed by atoms with E-state index in [1.54, 1.807) is 11.3 Å². The molecule has 1 aliphatic rings. The molecule has 0 saturated carbocycles. The highest BCUT2D eigenvalue weighted by atomic mass is 32.1. The minimum Gasteiger partial charge on any atom is -0.346 e. The number of hydrogen-bond donors (Lipinski definition) is 1. The topological polar surface area (TPSA) is 63.1 Å². The van der Waals surface area contributed by atoms with Crippen molar-refractivity contribution in [1.82, 2.24) is 14.8 Å². The first-order chi connectivity index (χ1) is 13.7. The quantitative estimate of drug-likeness (QED) is 0.708. The van der Waals surface area contributed by atoms with Crippen molar-refractivity contribution in [3.63, 3.8) is 0 Å². The minimum absolute atomic E-state index is 0.0445. The van der Waals surface area contributed by atoms with Crippen LogP contribution in [0.15, 0.2) is 42.7 Å². The number of piperidine rings is 1. The standard InChI is InChI=1S/C21H25N5OS/c1-3-16-9-6-8-15(2)18(16)22-19(27)17-10-7-13-26(14-17)21-24-23-20(28-21)25-11-4-5-12-25/h4-6,8-9,11-12,17H,3,7,10,13-14H2,1-2H3,(H,22,27)/t17-/m0/s1. The Kier molecular flexibility index (Phi) is 5.43. The van der Waals surface area contributed by atoms with Gasteiger partial charge >= 0.3 is 0 Å². The van der Waals surface area contributed by atoms with Gasteiger partial charge in [-0.2, -0.15) is 0 Å². The van der Waals surface area contributed by atoms with Crippen LogP contribution in [0.25, 0.3) is 5.13 Å². The average molecular weight is 396 g/mol. The summed E-state index contributed by atoms with van der Waals surface area (Å²) < 4.78 is 1.96. The first-order valence-electron chi connectivity index (χ1n) is 9.77. The second-order valence-corrected chi connectivity index (χ2v) is 8.13. The highest BCUT2D eigenvalue weighted by molar-refractivity contribution is 7.17. The van der Waals surface area contributed by atoms with Gasteiger partial charge in [0, 0.05) is 31.2 Å². The fourth-order valence-corrected chi connectivity index (χ4v) is 4.54. The van der Waals surface area contributed by atoms with Crippen LogP contribution in [0.3, 0.4) is 0 Å². The summed E-state index contributed by atoms with van der Waals surface area (Å²) in [5.41, 5.74) is 3.26. The van der Waals surface area contributed by atoms with Gasteiger partial charge in [-0.15, -0.1) is 10.2 Å². The number of aryl methyl sites for hydroxylation is 2. The normalized spacial score (nSPS) is 16.9. The number of rotatable bonds is 5. The average Bonchev–Trinajstić information content (AvgIpc) is 3.41. The first-order valence-corrected chi connectivity index (χ1v) is 10.6. The molecule has 6 nitrogen and oxygen atoms in total. The van der Waals surface area contributed by atoms with E-state index in [1.807, 2.05) is 48.1 Å². The third-order valence-electron chi connectivity index (χ3n) is 5.28. The predicted molar refractivity (Wildman–Crippen MR) is 113 cm³/mol. The summed E-state index contributed by atoms with van der Waals surface area (Å²) >= 11 is 1.56. The number of nitrogens with one attached hydrogen (secondary N) is 1. The maximum atomic E-state index is 13.0. The number of benzene rings is 1. The lowest BCUT2D eigenvalue weighted by Crippen LogP contribution is -2.41. The molecule has 0 aliphatic carbocycles. The molecule has 1 amide bonds. The third kappa shape index (κ3) is 3.80. The Morgan fingerprint density at radius 2 is 2.00 bits per heavy atom. The number of nitrogens with zero attached hydrogens (tertiary/aromatic N) is 4. The summed E-state index contributed by atoms with van der Waals surface area (Å²) in [5, 5.41) is 13.6. The van der Waals surface area contributed by atoms with Crippen LogP contribution in [0.2, 0.25) is 0 Å². The van der Waals surface area contributed by atoms with Gasteiger partial charge in [-0.1, -0.05) is 36.5 Å². The van der Waals surface area contributed by atoms with Gasteiger partial charge in [0.1, 0.15) is 0 Å². The smallest absolute Gasteiger partial charge is 0.229 e. The van der Waals surface area contributed by atoms with Gasteiger partial charge in [0.05, 0.1) is 5.92 Å². The molecule has 1 N–H and O–H groups in total. The molecule has 0 spiro atoms. The van der Waals surface area contributed by atoms with Gasteiger partial charge in [0.2, 0.25) is 16.2 Å². The molecule has 0 unspecified atom stereocenters. The lowest BCUT2D eigenvalue weighted by Gasteiger charge is -2.31. The molecule has 146 valence electrons. The third-order valence-corrected chi connectivity index (χ3v) is 6.28. The summed E-state index contributed by atoms with van der Waals surface area (Å²) in [6.07, 6.45) is 6.71. The minimum atomic E-state index is -0.0445. The zero-order chi connectivity index (χ0) is 19.5. The number of amides is 1. The van der Waals surface area contributed by atoms with E-state index in [0.717, 1.165) is 47.3 Å². The Hall–Kier alpha value is -2.67. The Bertz CT molecular complexity index is 950. The molecule has 1 atom stereocenters. The Morgan fingerprint density at radius 1 is 1.21 bits per heavy atom. The number of aromatic nitrogens is 3. The molecular formula is C21H25N5OS. The van der Waals surface area contributed by atoms with Gasteiger partial charge in [0.15, 0.2) is 0 Å². The molecule has 28 heavy (non-hydrogen) atoms. The van der Waals surface area contributed by atoms with Crippen molar-refractivity contribution in [2.45, 2.75) is 33.1 Å². The molecule has 3 heterocycles.